The van der Waals surface area contributed by atoms with Gasteiger partial charge in [-0.1, -0.05) is 0 Å². The van der Waals surface area contributed by atoms with Crippen molar-refractivity contribution in [2.75, 3.05) is 49.6 Å². The Balaban J connectivity index is 1.30. The van der Waals surface area contributed by atoms with Gasteiger partial charge in [0, 0.05) is 42.8 Å². The molecule has 2 aliphatic rings. The zero-order valence-electron chi connectivity index (χ0n) is 18.3. The molecule has 168 valence electrons. The molecule has 33 heavy (non-hydrogen) atoms. The van der Waals surface area contributed by atoms with Gasteiger partial charge in [0.2, 0.25) is 5.95 Å². The number of ether oxygens (including phenoxy) is 2. The van der Waals surface area contributed by atoms with Crippen LogP contribution < -0.4 is 20.3 Å². The summed E-state index contributed by atoms with van der Waals surface area (Å²) in [6.45, 7) is 5.09. The molecular formula is C25H26N6O2. The van der Waals surface area contributed by atoms with E-state index < -0.39 is 0 Å². The maximum atomic E-state index is 9.63. The van der Waals surface area contributed by atoms with E-state index in [0.29, 0.717) is 17.3 Å². The van der Waals surface area contributed by atoms with Gasteiger partial charge >= 0.3 is 0 Å². The van der Waals surface area contributed by atoms with Gasteiger partial charge in [0.1, 0.15) is 17.9 Å². The van der Waals surface area contributed by atoms with E-state index in [2.05, 4.69) is 43.7 Å². The van der Waals surface area contributed by atoms with E-state index in [0.717, 1.165) is 62.8 Å². The van der Waals surface area contributed by atoms with Crippen LogP contribution in [-0.4, -0.2) is 55.5 Å². The van der Waals surface area contributed by atoms with Crippen molar-refractivity contribution in [1.82, 2.24) is 15.3 Å². The monoisotopic (exact) mass is 442 g/mol. The molecule has 0 bridgehead atoms. The average molecular weight is 443 g/mol. The Morgan fingerprint density at radius 3 is 2.73 bits per heavy atom. The SMILES string of the molecule is N#Cc1cc(-c2ccnc(Nc3ccc(N4CCOCC4)cc3)n2)ccc1OC1CCNC1. The number of aromatic nitrogens is 2. The second kappa shape index (κ2) is 9.86. The molecule has 0 radical (unpaired) electrons. The van der Waals surface area contributed by atoms with Crippen molar-refractivity contribution < 1.29 is 9.47 Å². The molecule has 8 heteroatoms. The standard InChI is InChI=1S/C25H26N6O2/c26-16-19-15-18(1-6-24(19)33-22-7-9-27-17-22)23-8-10-28-25(30-23)29-20-2-4-21(5-3-20)31-11-13-32-14-12-31/h1-6,8,10,15,22,27H,7,9,11-14,17H2,(H,28,29,30). The molecule has 0 spiro atoms. The topological polar surface area (TPSA) is 95.3 Å². The molecule has 0 aliphatic carbocycles. The molecule has 2 aliphatic heterocycles. The summed E-state index contributed by atoms with van der Waals surface area (Å²) in [6.07, 6.45) is 2.77. The van der Waals surface area contributed by atoms with Crippen molar-refractivity contribution in [3.63, 3.8) is 0 Å². The molecule has 3 aromatic rings. The van der Waals surface area contributed by atoms with Crippen molar-refractivity contribution in [3.05, 3.63) is 60.3 Å². The summed E-state index contributed by atoms with van der Waals surface area (Å²) >= 11 is 0. The van der Waals surface area contributed by atoms with Crippen LogP contribution in [0.1, 0.15) is 12.0 Å². The van der Waals surface area contributed by atoms with Crippen LogP contribution in [0.2, 0.25) is 0 Å². The summed E-state index contributed by atoms with van der Waals surface area (Å²) in [7, 11) is 0. The normalized spacial score (nSPS) is 18.0. The number of nitriles is 1. The van der Waals surface area contributed by atoms with Crippen LogP contribution in [0.3, 0.4) is 0 Å². The van der Waals surface area contributed by atoms with Gasteiger partial charge in [-0.3, -0.25) is 0 Å². The molecule has 1 unspecified atom stereocenters. The van der Waals surface area contributed by atoms with Crippen LogP contribution in [0.25, 0.3) is 11.3 Å². The minimum absolute atomic E-state index is 0.104. The third-order valence-electron chi connectivity index (χ3n) is 5.86. The first-order valence-corrected chi connectivity index (χ1v) is 11.2. The second-order valence-corrected chi connectivity index (χ2v) is 8.09. The Kier molecular flexibility index (Phi) is 6.33. The lowest BCUT2D eigenvalue weighted by molar-refractivity contribution is 0.122. The van der Waals surface area contributed by atoms with Gasteiger partial charge in [-0.15, -0.1) is 0 Å². The summed E-state index contributed by atoms with van der Waals surface area (Å²) < 4.78 is 11.4. The molecule has 5 rings (SSSR count). The van der Waals surface area contributed by atoms with Crippen LogP contribution in [-0.2, 0) is 4.74 Å². The average Bonchev–Trinajstić information content (AvgIpc) is 3.39. The number of anilines is 3. The summed E-state index contributed by atoms with van der Waals surface area (Å²) in [5.74, 6) is 1.12. The lowest BCUT2D eigenvalue weighted by Crippen LogP contribution is -2.36. The van der Waals surface area contributed by atoms with Crippen LogP contribution in [0.4, 0.5) is 17.3 Å². The van der Waals surface area contributed by atoms with E-state index in [9.17, 15) is 5.26 Å². The largest absolute Gasteiger partial charge is 0.488 e. The Morgan fingerprint density at radius 1 is 1.12 bits per heavy atom. The van der Waals surface area contributed by atoms with Gasteiger partial charge in [-0.2, -0.15) is 5.26 Å². The van der Waals surface area contributed by atoms with E-state index in [1.54, 1.807) is 6.20 Å². The summed E-state index contributed by atoms with van der Waals surface area (Å²) in [6, 6.07) is 17.9. The lowest BCUT2D eigenvalue weighted by Gasteiger charge is -2.28. The highest BCUT2D eigenvalue weighted by Gasteiger charge is 2.18. The van der Waals surface area contributed by atoms with Crippen molar-refractivity contribution >= 4 is 17.3 Å². The first-order chi connectivity index (χ1) is 16.3. The number of benzene rings is 2. The highest BCUT2D eigenvalue weighted by molar-refractivity contribution is 5.66. The fourth-order valence-corrected chi connectivity index (χ4v) is 4.07. The molecule has 0 saturated carbocycles. The van der Waals surface area contributed by atoms with Gasteiger partial charge in [-0.25, -0.2) is 9.97 Å². The zero-order valence-corrected chi connectivity index (χ0v) is 18.3. The van der Waals surface area contributed by atoms with E-state index in [-0.39, 0.29) is 6.10 Å². The first kappa shape index (κ1) is 21.2. The van der Waals surface area contributed by atoms with Crippen LogP contribution in [0.5, 0.6) is 5.75 Å². The summed E-state index contributed by atoms with van der Waals surface area (Å²) in [5, 5.41) is 16.2. The van der Waals surface area contributed by atoms with Crippen molar-refractivity contribution in [3.8, 4) is 23.1 Å². The predicted octanol–water partition coefficient (Wildman–Crippen LogP) is 3.34. The van der Waals surface area contributed by atoms with Gasteiger partial charge < -0.3 is 25.0 Å². The van der Waals surface area contributed by atoms with Crippen molar-refractivity contribution in [2.24, 2.45) is 0 Å². The van der Waals surface area contributed by atoms with Gasteiger partial charge in [0.05, 0.1) is 24.5 Å². The lowest BCUT2D eigenvalue weighted by atomic mass is 10.1. The van der Waals surface area contributed by atoms with E-state index in [1.807, 2.05) is 36.4 Å². The predicted molar refractivity (Wildman–Crippen MR) is 127 cm³/mol. The highest BCUT2D eigenvalue weighted by Crippen LogP contribution is 2.28. The number of hydrogen-bond donors (Lipinski definition) is 2. The molecule has 2 N–H and O–H groups in total. The van der Waals surface area contributed by atoms with Gasteiger partial charge in [0.15, 0.2) is 0 Å². The van der Waals surface area contributed by atoms with Crippen LogP contribution >= 0.6 is 0 Å². The maximum Gasteiger partial charge on any atom is 0.227 e. The molecule has 1 atom stereocenters. The third kappa shape index (κ3) is 5.06. The van der Waals surface area contributed by atoms with Crippen LogP contribution in [0.15, 0.2) is 54.7 Å². The number of nitrogens with one attached hydrogen (secondary N) is 2. The van der Waals surface area contributed by atoms with E-state index in [4.69, 9.17) is 9.47 Å². The number of hydrogen-bond acceptors (Lipinski definition) is 8. The molecule has 2 saturated heterocycles. The highest BCUT2D eigenvalue weighted by atomic mass is 16.5. The van der Waals surface area contributed by atoms with Crippen molar-refractivity contribution in [2.45, 2.75) is 12.5 Å². The smallest absolute Gasteiger partial charge is 0.227 e. The Morgan fingerprint density at radius 2 is 1.97 bits per heavy atom. The number of rotatable bonds is 6. The molecule has 2 fully saturated rings. The molecule has 3 heterocycles. The zero-order chi connectivity index (χ0) is 22.5. The number of morpholine rings is 1. The molecular weight excluding hydrogens is 416 g/mol. The van der Waals surface area contributed by atoms with Crippen molar-refractivity contribution in [1.29, 1.82) is 5.26 Å². The number of nitrogens with zero attached hydrogens (tertiary/aromatic N) is 4. The summed E-state index contributed by atoms with van der Waals surface area (Å²) in [5.41, 5.74) is 4.18. The fraction of sp³-hybridized carbons (Fsp3) is 0.320. The second-order valence-electron chi connectivity index (χ2n) is 8.09. The Labute approximate surface area is 193 Å². The Bertz CT molecular complexity index is 1130. The molecule has 8 nitrogen and oxygen atoms in total. The fourth-order valence-electron chi connectivity index (χ4n) is 4.07. The third-order valence-corrected chi connectivity index (χ3v) is 5.86. The van der Waals surface area contributed by atoms with Crippen LogP contribution in [0, 0.1) is 11.3 Å². The van der Waals surface area contributed by atoms with E-state index in [1.165, 1.54) is 5.69 Å². The van der Waals surface area contributed by atoms with Gasteiger partial charge in [-0.05, 0) is 61.5 Å². The molecule has 2 aromatic carbocycles. The maximum absolute atomic E-state index is 9.63. The van der Waals surface area contributed by atoms with E-state index >= 15 is 0 Å². The first-order valence-electron chi connectivity index (χ1n) is 11.2. The molecule has 0 amide bonds. The molecule has 1 aromatic heterocycles. The Hall–Kier alpha value is -3.67. The van der Waals surface area contributed by atoms with Gasteiger partial charge in [0.25, 0.3) is 0 Å². The minimum atomic E-state index is 0.104. The summed E-state index contributed by atoms with van der Waals surface area (Å²) in [4.78, 5) is 11.3. The quantitative estimate of drug-likeness (QED) is 0.600. The minimum Gasteiger partial charge on any atom is -0.488 e.